The summed E-state index contributed by atoms with van der Waals surface area (Å²) in [5, 5.41) is 3.17. The van der Waals surface area contributed by atoms with Crippen molar-refractivity contribution in [1.29, 1.82) is 0 Å². The molecule has 1 aromatic rings. The van der Waals surface area contributed by atoms with E-state index in [4.69, 9.17) is 4.74 Å². The second kappa shape index (κ2) is 4.99. The summed E-state index contributed by atoms with van der Waals surface area (Å²) in [5.41, 5.74) is 1.14. The van der Waals surface area contributed by atoms with Crippen molar-refractivity contribution in [3.63, 3.8) is 0 Å². The molecule has 1 fully saturated rings. The van der Waals surface area contributed by atoms with E-state index < -0.39 is 9.84 Å². The second-order valence-electron chi connectivity index (χ2n) is 4.73. The predicted octanol–water partition coefficient (Wildman–Crippen LogP) is 0.968. The van der Waals surface area contributed by atoms with Crippen LogP contribution in [0.2, 0.25) is 0 Å². The van der Waals surface area contributed by atoms with Crippen molar-refractivity contribution in [2.24, 2.45) is 0 Å². The molecular formula is C13H19NO3S. The first-order valence-electron chi connectivity index (χ1n) is 6.10. The van der Waals surface area contributed by atoms with Crippen molar-refractivity contribution in [2.75, 3.05) is 32.6 Å². The Bertz CT molecular complexity index is 504. The maximum atomic E-state index is 11.7. The Morgan fingerprint density at radius 3 is 2.28 bits per heavy atom. The van der Waals surface area contributed by atoms with Gasteiger partial charge in [-0.15, -0.1) is 0 Å². The quantitative estimate of drug-likeness (QED) is 0.865. The number of nitrogens with one attached hydrogen (secondary N) is 1. The molecule has 0 atom stereocenters. The van der Waals surface area contributed by atoms with Crippen molar-refractivity contribution >= 4 is 9.84 Å². The summed E-state index contributed by atoms with van der Waals surface area (Å²) < 4.78 is 28.8. The standard InChI is InChI=1S/C13H19NO3S/c1-3-18(15,16)12-6-4-11(5-7-12)13(8-14-2)9-17-10-13/h4-7,14H,3,8-10H2,1-2H3. The van der Waals surface area contributed by atoms with Crippen LogP contribution in [0.25, 0.3) is 0 Å². The highest BCUT2D eigenvalue weighted by Crippen LogP contribution is 2.32. The normalized spacial score (nSPS) is 18.3. The molecule has 1 heterocycles. The van der Waals surface area contributed by atoms with Gasteiger partial charge in [-0.25, -0.2) is 8.42 Å². The van der Waals surface area contributed by atoms with Gasteiger partial charge in [-0.05, 0) is 24.7 Å². The summed E-state index contributed by atoms with van der Waals surface area (Å²) in [7, 11) is -1.20. The Morgan fingerprint density at radius 2 is 1.89 bits per heavy atom. The molecule has 0 spiro atoms. The molecule has 0 aliphatic carbocycles. The minimum atomic E-state index is -3.11. The third-order valence-corrected chi connectivity index (χ3v) is 5.23. The van der Waals surface area contributed by atoms with Crippen LogP contribution in [-0.4, -0.2) is 41.0 Å². The van der Waals surface area contributed by atoms with Crippen LogP contribution in [-0.2, 0) is 20.0 Å². The van der Waals surface area contributed by atoms with Gasteiger partial charge in [0, 0.05) is 6.54 Å². The average molecular weight is 269 g/mol. The van der Waals surface area contributed by atoms with E-state index >= 15 is 0 Å². The lowest BCUT2D eigenvalue weighted by molar-refractivity contribution is -0.0582. The van der Waals surface area contributed by atoms with Crippen LogP contribution < -0.4 is 5.32 Å². The highest BCUT2D eigenvalue weighted by Gasteiger charge is 2.39. The molecule has 0 saturated carbocycles. The van der Waals surface area contributed by atoms with E-state index in [-0.39, 0.29) is 11.2 Å². The molecule has 2 rings (SSSR count). The number of hydrogen-bond acceptors (Lipinski definition) is 4. The third-order valence-electron chi connectivity index (χ3n) is 3.48. The number of sulfone groups is 1. The molecule has 0 radical (unpaired) electrons. The fourth-order valence-corrected chi connectivity index (χ4v) is 3.12. The number of likely N-dealkylation sites (N-methyl/N-ethyl adjacent to an activating group) is 1. The van der Waals surface area contributed by atoms with E-state index in [0.717, 1.165) is 12.1 Å². The lowest BCUT2D eigenvalue weighted by atomic mass is 9.78. The highest BCUT2D eigenvalue weighted by molar-refractivity contribution is 7.91. The largest absolute Gasteiger partial charge is 0.379 e. The maximum Gasteiger partial charge on any atom is 0.178 e. The van der Waals surface area contributed by atoms with E-state index in [0.29, 0.717) is 18.1 Å². The van der Waals surface area contributed by atoms with Crippen LogP contribution in [0.4, 0.5) is 0 Å². The van der Waals surface area contributed by atoms with Crippen LogP contribution in [0.3, 0.4) is 0 Å². The molecule has 0 unspecified atom stereocenters. The molecule has 0 aromatic heterocycles. The summed E-state index contributed by atoms with van der Waals surface area (Å²) in [4.78, 5) is 0.397. The molecule has 18 heavy (non-hydrogen) atoms. The van der Waals surface area contributed by atoms with Crippen molar-refractivity contribution in [3.05, 3.63) is 29.8 Å². The Hall–Kier alpha value is -0.910. The van der Waals surface area contributed by atoms with Gasteiger partial charge >= 0.3 is 0 Å². The fraction of sp³-hybridized carbons (Fsp3) is 0.538. The van der Waals surface area contributed by atoms with Gasteiger partial charge in [0.2, 0.25) is 0 Å². The van der Waals surface area contributed by atoms with Crippen LogP contribution in [0.1, 0.15) is 12.5 Å². The van der Waals surface area contributed by atoms with Crippen LogP contribution in [0, 0.1) is 0 Å². The zero-order chi connectivity index (χ0) is 13.2. The number of hydrogen-bond donors (Lipinski definition) is 1. The summed E-state index contributed by atoms with van der Waals surface area (Å²) in [6, 6.07) is 7.21. The van der Waals surface area contributed by atoms with Crippen molar-refractivity contribution in [3.8, 4) is 0 Å². The average Bonchev–Trinajstić information content (AvgIpc) is 2.34. The first kappa shape index (κ1) is 13.5. The Kier molecular flexibility index (Phi) is 3.75. The minimum Gasteiger partial charge on any atom is -0.379 e. The molecule has 0 bridgehead atoms. The van der Waals surface area contributed by atoms with Gasteiger partial charge in [0.1, 0.15) is 0 Å². The van der Waals surface area contributed by atoms with E-state index in [1.165, 1.54) is 0 Å². The van der Waals surface area contributed by atoms with E-state index in [1.54, 1.807) is 19.1 Å². The van der Waals surface area contributed by atoms with Crippen LogP contribution >= 0.6 is 0 Å². The Morgan fingerprint density at radius 1 is 1.28 bits per heavy atom. The third kappa shape index (κ3) is 2.30. The van der Waals surface area contributed by atoms with Crippen LogP contribution in [0.15, 0.2) is 29.2 Å². The van der Waals surface area contributed by atoms with Crippen molar-refractivity contribution < 1.29 is 13.2 Å². The summed E-state index contributed by atoms with van der Waals surface area (Å²) >= 11 is 0. The topological polar surface area (TPSA) is 55.4 Å². The first-order valence-corrected chi connectivity index (χ1v) is 7.75. The molecule has 1 aliphatic rings. The number of ether oxygens (including phenoxy) is 1. The molecule has 5 heteroatoms. The van der Waals surface area contributed by atoms with Gasteiger partial charge in [0.25, 0.3) is 0 Å². The molecule has 100 valence electrons. The molecule has 1 aliphatic heterocycles. The van der Waals surface area contributed by atoms with E-state index in [1.807, 2.05) is 19.2 Å². The van der Waals surface area contributed by atoms with Crippen molar-refractivity contribution in [1.82, 2.24) is 5.32 Å². The maximum absolute atomic E-state index is 11.7. The highest BCUT2D eigenvalue weighted by atomic mass is 32.2. The molecule has 4 nitrogen and oxygen atoms in total. The number of rotatable bonds is 5. The zero-order valence-electron chi connectivity index (χ0n) is 10.8. The molecule has 1 saturated heterocycles. The van der Waals surface area contributed by atoms with E-state index in [9.17, 15) is 8.42 Å². The summed E-state index contributed by atoms with van der Waals surface area (Å²) in [6.07, 6.45) is 0. The second-order valence-corrected chi connectivity index (χ2v) is 7.01. The molecule has 1 N–H and O–H groups in total. The van der Waals surface area contributed by atoms with Gasteiger partial charge in [-0.3, -0.25) is 0 Å². The summed E-state index contributed by atoms with van der Waals surface area (Å²) in [6.45, 7) is 3.87. The predicted molar refractivity (Wildman–Crippen MR) is 70.6 cm³/mol. The SMILES string of the molecule is CCS(=O)(=O)c1ccc(C2(CNC)COC2)cc1. The van der Waals surface area contributed by atoms with Gasteiger partial charge in [-0.2, -0.15) is 0 Å². The smallest absolute Gasteiger partial charge is 0.178 e. The monoisotopic (exact) mass is 269 g/mol. The first-order chi connectivity index (χ1) is 8.54. The zero-order valence-corrected chi connectivity index (χ0v) is 11.6. The molecular weight excluding hydrogens is 250 g/mol. The molecule has 1 aromatic carbocycles. The van der Waals surface area contributed by atoms with Crippen molar-refractivity contribution in [2.45, 2.75) is 17.2 Å². The van der Waals surface area contributed by atoms with Crippen LogP contribution in [0.5, 0.6) is 0 Å². The fourth-order valence-electron chi connectivity index (χ4n) is 2.24. The van der Waals surface area contributed by atoms with Gasteiger partial charge in [0.15, 0.2) is 9.84 Å². The van der Waals surface area contributed by atoms with Gasteiger partial charge in [-0.1, -0.05) is 19.1 Å². The Labute approximate surface area is 108 Å². The lowest BCUT2D eigenvalue weighted by Crippen LogP contribution is -2.52. The Balaban J connectivity index is 2.27. The lowest BCUT2D eigenvalue weighted by Gasteiger charge is -2.42. The van der Waals surface area contributed by atoms with Gasteiger partial charge < -0.3 is 10.1 Å². The summed E-state index contributed by atoms with van der Waals surface area (Å²) in [5.74, 6) is 0.136. The van der Waals surface area contributed by atoms with Gasteiger partial charge in [0.05, 0.1) is 29.3 Å². The molecule has 0 amide bonds. The minimum absolute atomic E-state index is 0.00323. The number of benzene rings is 1. The van der Waals surface area contributed by atoms with E-state index in [2.05, 4.69) is 5.32 Å².